The lowest BCUT2D eigenvalue weighted by molar-refractivity contribution is -0.138. The van der Waals surface area contributed by atoms with Gasteiger partial charge in [0, 0.05) is 25.7 Å². The minimum Gasteiger partial charge on any atom is -0.396 e. The van der Waals surface area contributed by atoms with Gasteiger partial charge in [0.05, 0.1) is 13.1 Å². The molecule has 0 aliphatic rings. The summed E-state index contributed by atoms with van der Waals surface area (Å²) in [6, 6.07) is -0.279. The van der Waals surface area contributed by atoms with Crippen LogP contribution in [0.5, 0.6) is 0 Å². The van der Waals surface area contributed by atoms with E-state index in [1.807, 2.05) is 0 Å². The van der Waals surface area contributed by atoms with E-state index in [9.17, 15) is 14.4 Å². The van der Waals surface area contributed by atoms with Crippen LogP contribution in [0, 0.1) is 0 Å². The van der Waals surface area contributed by atoms with E-state index in [0.29, 0.717) is 19.1 Å². The van der Waals surface area contributed by atoms with Crippen molar-refractivity contribution in [3.05, 3.63) is 0 Å². The maximum absolute atomic E-state index is 11.9. The van der Waals surface area contributed by atoms with Crippen LogP contribution < -0.4 is 5.32 Å². The van der Waals surface area contributed by atoms with Gasteiger partial charge in [-0.3, -0.25) is 9.59 Å². The molecule has 7 heteroatoms. The molecule has 2 amide bonds. The molecule has 0 aliphatic carbocycles. The topological polar surface area (TPSA) is 107 Å². The second-order valence-electron chi connectivity index (χ2n) is 4.18. The van der Waals surface area contributed by atoms with Crippen molar-refractivity contribution in [3.63, 3.8) is 0 Å². The number of aliphatic hydroxyl groups excluding tert-OH is 2. The molecule has 0 saturated heterocycles. The van der Waals surface area contributed by atoms with E-state index in [1.54, 1.807) is 6.92 Å². The number of carbonyl (C=O) groups excluding carboxylic acids is 3. The van der Waals surface area contributed by atoms with Gasteiger partial charge in [-0.15, -0.1) is 0 Å². The van der Waals surface area contributed by atoms with Crippen LogP contribution in [0.2, 0.25) is 0 Å². The monoisotopic (exact) mass is 274 g/mol. The molecule has 0 radical (unpaired) electrons. The molecule has 3 N–H and O–H groups in total. The molecule has 0 bridgehead atoms. The predicted octanol–water partition coefficient (Wildman–Crippen LogP) is -1.33. The highest BCUT2D eigenvalue weighted by Crippen LogP contribution is 2.07. The summed E-state index contributed by atoms with van der Waals surface area (Å²) in [6.45, 7) is 1.32. The fourth-order valence-electron chi connectivity index (χ4n) is 1.57. The third-order valence-corrected chi connectivity index (χ3v) is 2.64. The zero-order chi connectivity index (χ0) is 14.7. The minimum atomic E-state index is -0.422. The van der Waals surface area contributed by atoms with Crippen molar-refractivity contribution in [2.24, 2.45) is 0 Å². The summed E-state index contributed by atoms with van der Waals surface area (Å²) < 4.78 is 0. The summed E-state index contributed by atoms with van der Waals surface area (Å²) in [4.78, 5) is 34.9. The Morgan fingerprint density at radius 1 is 1.32 bits per heavy atom. The molecule has 0 spiro atoms. The number of hydrogen-bond acceptors (Lipinski definition) is 5. The molecular formula is C12H22N2O5. The van der Waals surface area contributed by atoms with E-state index in [4.69, 9.17) is 10.2 Å². The summed E-state index contributed by atoms with van der Waals surface area (Å²) in [5.74, 6) is -0.675. The average Bonchev–Trinajstić information content (AvgIpc) is 2.39. The number of aldehydes is 1. The van der Waals surface area contributed by atoms with Crippen LogP contribution in [-0.2, 0) is 14.4 Å². The highest BCUT2D eigenvalue weighted by Gasteiger charge is 2.21. The standard InChI is InChI=1S/C12H22N2O5/c1-10(4-7-16)14(12(19)3-2-6-15)9-11(18)13-5-8-17/h8,10,15-16H,2-7,9H2,1H3,(H,13,18). The number of carbonyl (C=O) groups is 3. The Kier molecular flexibility index (Phi) is 9.64. The number of nitrogens with zero attached hydrogens (tertiary/aromatic N) is 1. The quantitative estimate of drug-likeness (QED) is 0.428. The highest BCUT2D eigenvalue weighted by molar-refractivity contribution is 5.85. The molecule has 0 aromatic rings. The number of hydrogen-bond donors (Lipinski definition) is 3. The van der Waals surface area contributed by atoms with E-state index >= 15 is 0 Å². The molecule has 0 aromatic heterocycles. The van der Waals surface area contributed by atoms with Gasteiger partial charge in [0.2, 0.25) is 11.8 Å². The molecule has 19 heavy (non-hydrogen) atoms. The van der Waals surface area contributed by atoms with Crippen LogP contribution in [0.25, 0.3) is 0 Å². The lowest BCUT2D eigenvalue weighted by Crippen LogP contribution is -2.46. The summed E-state index contributed by atoms with van der Waals surface area (Å²) in [5, 5.41) is 20.0. The number of aliphatic hydroxyl groups is 2. The van der Waals surface area contributed by atoms with Crippen LogP contribution in [0.1, 0.15) is 26.2 Å². The molecule has 1 atom stereocenters. The number of nitrogens with one attached hydrogen (secondary N) is 1. The van der Waals surface area contributed by atoms with Crippen molar-refractivity contribution in [1.82, 2.24) is 10.2 Å². The number of rotatable bonds is 10. The Morgan fingerprint density at radius 2 is 2.00 bits per heavy atom. The first-order chi connectivity index (χ1) is 9.06. The van der Waals surface area contributed by atoms with Gasteiger partial charge in [0.1, 0.15) is 6.29 Å². The molecule has 0 rings (SSSR count). The average molecular weight is 274 g/mol. The summed E-state index contributed by atoms with van der Waals surface area (Å²) in [6.07, 6.45) is 1.41. The van der Waals surface area contributed by atoms with Gasteiger partial charge in [0.25, 0.3) is 0 Å². The van der Waals surface area contributed by atoms with Crippen LogP contribution in [-0.4, -0.2) is 65.6 Å². The van der Waals surface area contributed by atoms with Crippen LogP contribution in [0.15, 0.2) is 0 Å². The largest absolute Gasteiger partial charge is 0.396 e. The number of amides is 2. The molecule has 0 heterocycles. The SMILES string of the molecule is CC(CCO)N(CC(=O)NCC=O)C(=O)CCCO. The van der Waals surface area contributed by atoms with Gasteiger partial charge in [-0.2, -0.15) is 0 Å². The molecule has 0 aromatic carbocycles. The second-order valence-corrected chi connectivity index (χ2v) is 4.18. The Labute approximate surface area is 112 Å². The van der Waals surface area contributed by atoms with Gasteiger partial charge < -0.3 is 25.2 Å². The molecular weight excluding hydrogens is 252 g/mol. The van der Waals surface area contributed by atoms with E-state index in [0.717, 1.165) is 0 Å². The fourth-order valence-corrected chi connectivity index (χ4v) is 1.57. The van der Waals surface area contributed by atoms with Gasteiger partial charge in [-0.25, -0.2) is 0 Å². The zero-order valence-electron chi connectivity index (χ0n) is 11.2. The molecule has 0 aliphatic heterocycles. The lowest BCUT2D eigenvalue weighted by atomic mass is 10.1. The van der Waals surface area contributed by atoms with Crippen molar-refractivity contribution in [1.29, 1.82) is 0 Å². The van der Waals surface area contributed by atoms with E-state index in [2.05, 4.69) is 5.32 Å². The van der Waals surface area contributed by atoms with Crippen LogP contribution in [0.3, 0.4) is 0 Å². The third kappa shape index (κ3) is 7.53. The van der Waals surface area contributed by atoms with Crippen LogP contribution in [0.4, 0.5) is 0 Å². The first-order valence-electron chi connectivity index (χ1n) is 6.28. The Bertz CT molecular complexity index is 296. The molecule has 0 fully saturated rings. The Balaban J connectivity index is 4.52. The van der Waals surface area contributed by atoms with E-state index < -0.39 is 5.91 Å². The summed E-state index contributed by atoms with van der Waals surface area (Å²) in [5.41, 5.74) is 0. The van der Waals surface area contributed by atoms with Crippen LogP contribution >= 0.6 is 0 Å². The van der Waals surface area contributed by atoms with Crippen molar-refractivity contribution >= 4 is 18.1 Å². The first kappa shape index (κ1) is 17.5. The van der Waals surface area contributed by atoms with Gasteiger partial charge in [-0.1, -0.05) is 0 Å². The Hall–Kier alpha value is -1.47. The maximum Gasteiger partial charge on any atom is 0.239 e. The molecule has 110 valence electrons. The van der Waals surface area contributed by atoms with Gasteiger partial charge in [0.15, 0.2) is 0 Å². The Morgan fingerprint density at radius 3 is 2.53 bits per heavy atom. The summed E-state index contributed by atoms with van der Waals surface area (Å²) >= 11 is 0. The van der Waals surface area contributed by atoms with Crippen molar-refractivity contribution < 1.29 is 24.6 Å². The van der Waals surface area contributed by atoms with Crippen molar-refractivity contribution in [2.75, 3.05) is 26.3 Å². The zero-order valence-corrected chi connectivity index (χ0v) is 11.2. The van der Waals surface area contributed by atoms with E-state index in [1.165, 1.54) is 4.90 Å². The summed E-state index contributed by atoms with van der Waals surface area (Å²) in [7, 11) is 0. The van der Waals surface area contributed by atoms with Gasteiger partial charge in [-0.05, 0) is 19.8 Å². The first-order valence-corrected chi connectivity index (χ1v) is 6.28. The van der Waals surface area contributed by atoms with Crippen molar-refractivity contribution in [2.45, 2.75) is 32.2 Å². The smallest absolute Gasteiger partial charge is 0.239 e. The van der Waals surface area contributed by atoms with Gasteiger partial charge >= 0.3 is 0 Å². The molecule has 0 saturated carbocycles. The van der Waals surface area contributed by atoms with E-state index in [-0.39, 0.29) is 44.7 Å². The predicted molar refractivity (Wildman–Crippen MR) is 68.3 cm³/mol. The molecule has 7 nitrogen and oxygen atoms in total. The normalized spacial score (nSPS) is 11.7. The second kappa shape index (κ2) is 10.5. The minimum absolute atomic E-state index is 0.0824. The third-order valence-electron chi connectivity index (χ3n) is 2.64. The molecule has 1 unspecified atom stereocenters. The highest BCUT2D eigenvalue weighted by atomic mass is 16.3. The lowest BCUT2D eigenvalue weighted by Gasteiger charge is -2.28. The maximum atomic E-state index is 11.9. The fraction of sp³-hybridized carbons (Fsp3) is 0.750. The van der Waals surface area contributed by atoms with Crippen molar-refractivity contribution in [3.8, 4) is 0 Å².